The molecule has 0 saturated carbocycles. The van der Waals surface area contributed by atoms with E-state index < -0.39 is 16.6 Å². The lowest BCUT2D eigenvalue weighted by Gasteiger charge is -2.27. The van der Waals surface area contributed by atoms with Crippen LogP contribution in [-0.2, 0) is 9.53 Å². The number of nitro benzene ring substituents is 1. The van der Waals surface area contributed by atoms with Gasteiger partial charge in [-0.25, -0.2) is 9.82 Å². The number of methoxy groups -OCH3 is 1. The average molecular weight is 526 g/mol. The molecular formula is C23H23FN8O6. The second kappa shape index (κ2) is 11.9. The third-order valence-corrected chi connectivity index (χ3v) is 5.15. The van der Waals surface area contributed by atoms with Gasteiger partial charge in [-0.15, -0.1) is 0 Å². The molecule has 3 aromatic rings. The minimum Gasteiger partial charge on any atom is -0.488 e. The van der Waals surface area contributed by atoms with Crippen LogP contribution in [0.15, 0.2) is 41.5 Å². The summed E-state index contributed by atoms with van der Waals surface area (Å²) in [5, 5.41) is 18.8. The van der Waals surface area contributed by atoms with Crippen molar-refractivity contribution in [3.8, 4) is 11.5 Å². The van der Waals surface area contributed by atoms with E-state index in [9.17, 15) is 19.3 Å². The van der Waals surface area contributed by atoms with Gasteiger partial charge < -0.3 is 24.4 Å². The molecule has 4 rings (SSSR count). The zero-order chi connectivity index (χ0) is 27.1. The third kappa shape index (κ3) is 6.44. The predicted molar refractivity (Wildman–Crippen MR) is 135 cm³/mol. The zero-order valence-electron chi connectivity index (χ0n) is 20.4. The van der Waals surface area contributed by atoms with Gasteiger partial charge >= 0.3 is 11.7 Å². The molecule has 0 bridgehead atoms. The van der Waals surface area contributed by atoms with E-state index in [1.807, 2.05) is 4.90 Å². The quantitative estimate of drug-likeness (QED) is 0.138. The number of hydrazone groups is 1. The first kappa shape index (κ1) is 26.2. The van der Waals surface area contributed by atoms with Crippen LogP contribution in [0.25, 0.3) is 0 Å². The Morgan fingerprint density at radius 2 is 1.87 bits per heavy atom. The van der Waals surface area contributed by atoms with E-state index in [0.29, 0.717) is 37.9 Å². The summed E-state index contributed by atoms with van der Waals surface area (Å²) in [6.45, 7) is 3.29. The fourth-order valence-electron chi connectivity index (χ4n) is 3.49. The van der Waals surface area contributed by atoms with E-state index in [4.69, 9.17) is 14.2 Å². The molecule has 0 radical (unpaired) electrons. The molecule has 0 amide bonds. The van der Waals surface area contributed by atoms with Crippen molar-refractivity contribution >= 4 is 41.4 Å². The van der Waals surface area contributed by atoms with Crippen LogP contribution in [0.4, 0.5) is 33.6 Å². The standard InChI is InChI=1S/C23H23FN8O6/c1-14(33)38-18-8-3-15(19(32(34)35)20(18)36-2)13-25-30-22-27-21(26-17-6-4-16(24)5-7-17)28-23(29-22)31-9-11-37-12-10-31/h3-8,13H,9-12H2,1-2H3,(H2,26,27,28,29,30)/b25-13-. The van der Waals surface area contributed by atoms with Crippen LogP contribution < -0.4 is 25.1 Å². The van der Waals surface area contributed by atoms with Crippen molar-refractivity contribution in [2.75, 3.05) is 49.1 Å². The maximum absolute atomic E-state index is 13.3. The first-order valence-corrected chi connectivity index (χ1v) is 11.3. The van der Waals surface area contributed by atoms with E-state index in [0.717, 1.165) is 0 Å². The molecule has 0 spiro atoms. The van der Waals surface area contributed by atoms with Crippen LogP contribution in [0.3, 0.4) is 0 Å². The van der Waals surface area contributed by atoms with Crippen LogP contribution in [-0.4, -0.2) is 65.5 Å². The molecule has 2 N–H and O–H groups in total. The summed E-state index contributed by atoms with van der Waals surface area (Å²) in [5.74, 6) is -0.794. The summed E-state index contributed by atoms with van der Waals surface area (Å²) in [4.78, 5) is 37.4. The number of hydrogen-bond acceptors (Lipinski definition) is 13. The lowest BCUT2D eigenvalue weighted by Crippen LogP contribution is -2.37. The van der Waals surface area contributed by atoms with Crippen LogP contribution in [0.2, 0.25) is 0 Å². The van der Waals surface area contributed by atoms with Crippen molar-refractivity contribution in [3.63, 3.8) is 0 Å². The van der Waals surface area contributed by atoms with Gasteiger partial charge in [-0.05, 0) is 36.4 Å². The van der Waals surface area contributed by atoms with E-state index >= 15 is 0 Å². The zero-order valence-corrected chi connectivity index (χ0v) is 20.4. The molecule has 198 valence electrons. The highest BCUT2D eigenvalue weighted by Gasteiger charge is 2.25. The Kier molecular flexibility index (Phi) is 8.17. The summed E-state index contributed by atoms with van der Waals surface area (Å²) >= 11 is 0. The smallest absolute Gasteiger partial charge is 0.323 e. The fraction of sp³-hybridized carbons (Fsp3) is 0.261. The molecule has 1 saturated heterocycles. The maximum atomic E-state index is 13.3. The fourth-order valence-corrected chi connectivity index (χ4v) is 3.49. The number of ether oxygens (including phenoxy) is 3. The third-order valence-electron chi connectivity index (χ3n) is 5.15. The highest BCUT2D eigenvalue weighted by molar-refractivity contribution is 5.89. The second-order valence-corrected chi connectivity index (χ2v) is 7.77. The molecule has 1 aliphatic heterocycles. The van der Waals surface area contributed by atoms with Gasteiger partial charge in [0.15, 0.2) is 5.75 Å². The highest BCUT2D eigenvalue weighted by Crippen LogP contribution is 2.39. The second-order valence-electron chi connectivity index (χ2n) is 7.77. The molecule has 0 atom stereocenters. The number of aromatic nitrogens is 3. The van der Waals surface area contributed by atoms with E-state index in [1.165, 1.54) is 56.6 Å². The number of benzene rings is 2. The topological polar surface area (TPSA) is 166 Å². The lowest BCUT2D eigenvalue weighted by molar-refractivity contribution is -0.385. The molecule has 1 fully saturated rings. The van der Waals surface area contributed by atoms with Crippen LogP contribution in [0.1, 0.15) is 12.5 Å². The number of nitrogens with zero attached hydrogens (tertiary/aromatic N) is 6. The molecule has 0 unspecified atom stereocenters. The summed E-state index contributed by atoms with van der Waals surface area (Å²) in [6, 6.07) is 8.38. The largest absolute Gasteiger partial charge is 0.488 e. The van der Waals surface area contributed by atoms with Crippen LogP contribution in [0, 0.1) is 15.9 Å². The molecule has 14 nitrogen and oxygen atoms in total. The van der Waals surface area contributed by atoms with E-state index in [1.54, 1.807) is 0 Å². The monoisotopic (exact) mass is 526 g/mol. The minimum absolute atomic E-state index is 0.0495. The Morgan fingerprint density at radius 1 is 1.16 bits per heavy atom. The first-order valence-electron chi connectivity index (χ1n) is 11.3. The Bertz CT molecular complexity index is 1350. The minimum atomic E-state index is -0.669. The van der Waals surface area contributed by atoms with Gasteiger partial charge in [0, 0.05) is 25.7 Å². The highest BCUT2D eigenvalue weighted by atomic mass is 19.1. The van der Waals surface area contributed by atoms with Crippen LogP contribution >= 0.6 is 0 Å². The van der Waals surface area contributed by atoms with Crippen molar-refractivity contribution in [3.05, 3.63) is 57.9 Å². The van der Waals surface area contributed by atoms with Gasteiger partial charge in [-0.3, -0.25) is 14.9 Å². The molecule has 1 aromatic heterocycles. The molecule has 38 heavy (non-hydrogen) atoms. The number of hydrogen-bond donors (Lipinski definition) is 2. The Labute approximate surface area is 215 Å². The van der Waals surface area contributed by atoms with Crippen molar-refractivity contribution < 1.29 is 28.3 Å². The van der Waals surface area contributed by atoms with Gasteiger partial charge in [-0.1, -0.05) is 0 Å². The molecule has 2 aromatic carbocycles. The average Bonchev–Trinajstić information content (AvgIpc) is 2.90. The molecular weight excluding hydrogens is 503 g/mol. The van der Waals surface area contributed by atoms with Crippen LogP contribution in [0.5, 0.6) is 11.5 Å². The van der Waals surface area contributed by atoms with Gasteiger partial charge in [0.25, 0.3) is 0 Å². The Hall–Kier alpha value is -4.92. The number of nitrogens with one attached hydrogen (secondary N) is 2. The van der Waals surface area contributed by atoms with Crippen molar-refractivity contribution in [1.29, 1.82) is 0 Å². The number of carbonyl (C=O) groups is 1. The van der Waals surface area contributed by atoms with E-state index in [-0.39, 0.29) is 34.8 Å². The van der Waals surface area contributed by atoms with E-state index in [2.05, 4.69) is 30.8 Å². The molecule has 15 heteroatoms. The van der Waals surface area contributed by atoms with Crippen molar-refractivity contribution in [1.82, 2.24) is 15.0 Å². The summed E-state index contributed by atoms with van der Waals surface area (Å²) in [6.07, 6.45) is 1.18. The normalized spacial score (nSPS) is 13.3. The number of esters is 1. The van der Waals surface area contributed by atoms with Gasteiger partial charge in [0.1, 0.15) is 5.82 Å². The lowest BCUT2D eigenvalue weighted by atomic mass is 10.1. The number of nitro groups is 1. The molecule has 1 aliphatic rings. The Balaban J connectivity index is 1.62. The number of anilines is 4. The SMILES string of the molecule is COc1c(OC(C)=O)ccc(/C=N\Nc2nc(Nc3ccc(F)cc3)nc(N3CCOCC3)n2)c1[N+](=O)[O-]. The number of morpholine rings is 1. The summed E-state index contributed by atoms with van der Waals surface area (Å²) in [7, 11) is 1.22. The van der Waals surface area contributed by atoms with Gasteiger partial charge in [-0.2, -0.15) is 20.1 Å². The van der Waals surface area contributed by atoms with Crippen molar-refractivity contribution in [2.24, 2.45) is 5.10 Å². The molecule has 0 aliphatic carbocycles. The predicted octanol–water partition coefficient (Wildman–Crippen LogP) is 2.88. The molecule has 2 heterocycles. The maximum Gasteiger partial charge on any atom is 0.323 e. The van der Waals surface area contributed by atoms with Gasteiger partial charge in [0.2, 0.25) is 23.6 Å². The Morgan fingerprint density at radius 3 is 2.53 bits per heavy atom. The number of carbonyl (C=O) groups excluding carboxylic acids is 1. The number of halogens is 1. The van der Waals surface area contributed by atoms with Gasteiger partial charge in [0.05, 0.1) is 37.0 Å². The first-order chi connectivity index (χ1) is 18.3. The van der Waals surface area contributed by atoms with Crippen molar-refractivity contribution in [2.45, 2.75) is 6.92 Å². The summed E-state index contributed by atoms with van der Waals surface area (Å²) in [5.41, 5.74) is 2.84. The summed E-state index contributed by atoms with van der Waals surface area (Å²) < 4.78 is 28.8. The number of rotatable bonds is 9.